The first kappa shape index (κ1) is 17.0. The smallest absolute Gasteiger partial charge is 0.325 e. The van der Waals surface area contributed by atoms with Crippen LogP contribution in [0.2, 0.25) is 0 Å². The Kier molecular flexibility index (Phi) is 5.28. The van der Waals surface area contributed by atoms with Gasteiger partial charge in [-0.1, -0.05) is 30.3 Å². The van der Waals surface area contributed by atoms with Crippen LogP contribution in [0.3, 0.4) is 0 Å². The minimum absolute atomic E-state index is 0.0472. The van der Waals surface area contributed by atoms with Gasteiger partial charge in [-0.2, -0.15) is 0 Å². The van der Waals surface area contributed by atoms with Crippen molar-refractivity contribution in [1.29, 1.82) is 0 Å². The van der Waals surface area contributed by atoms with E-state index in [9.17, 15) is 14.0 Å². The zero-order valence-corrected chi connectivity index (χ0v) is 13.8. The van der Waals surface area contributed by atoms with Crippen molar-refractivity contribution in [3.63, 3.8) is 0 Å². The van der Waals surface area contributed by atoms with Crippen molar-refractivity contribution in [2.45, 2.75) is 6.42 Å². The van der Waals surface area contributed by atoms with Crippen LogP contribution in [0.15, 0.2) is 54.6 Å². The molecule has 0 unspecified atom stereocenters. The number of amides is 3. The lowest BCUT2D eigenvalue weighted by Crippen LogP contribution is -2.40. The molecule has 5 nitrogen and oxygen atoms in total. The number of urea groups is 1. The molecule has 6 heteroatoms. The molecule has 1 N–H and O–H groups in total. The lowest BCUT2D eigenvalue weighted by Gasteiger charge is -2.18. The Morgan fingerprint density at radius 2 is 1.76 bits per heavy atom. The van der Waals surface area contributed by atoms with Crippen molar-refractivity contribution < 1.29 is 14.0 Å². The molecule has 25 heavy (non-hydrogen) atoms. The van der Waals surface area contributed by atoms with Crippen molar-refractivity contribution in [2.24, 2.45) is 0 Å². The second kappa shape index (κ2) is 7.79. The molecule has 3 rings (SSSR count). The molecule has 0 atom stereocenters. The van der Waals surface area contributed by atoms with Gasteiger partial charge in [0.2, 0.25) is 5.91 Å². The average molecular weight is 341 g/mol. The average Bonchev–Trinajstić information content (AvgIpc) is 2.98. The van der Waals surface area contributed by atoms with Crippen molar-refractivity contribution in [1.82, 2.24) is 10.2 Å². The second-order valence-corrected chi connectivity index (χ2v) is 5.92. The molecule has 1 heterocycles. The third-order valence-corrected chi connectivity index (χ3v) is 4.15. The maximum Gasteiger partial charge on any atom is 0.325 e. The number of rotatable bonds is 6. The monoisotopic (exact) mass is 341 g/mol. The molecule has 0 radical (unpaired) electrons. The summed E-state index contributed by atoms with van der Waals surface area (Å²) in [7, 11) is 0. The van der Waals surface area contributed by atoms with Crippen molar-refractivity contribution >= 4 is 17.6 Å². The number of para-hydroxylation sites is 1. The Labute approximate surface area is 146 Å². The topological polar surface area (TPSA) is 52.7 Å². The Morgan fingerprint density at radius 1 is 1.04 bits per heavy atom. The molecule has 2 aromatic carbocycles. The van der Waals surface area contributed by atoms with E-state index in [1.807, 2.05) is 30.3 Å². The zero-order valence-electron chi connectivity index (χ0n) is 13.8. The standard InChI is InChI=1S/C19H20FN3O2/c20-16-8-6-15(7-9-16)10-11-21-18(24)14-22-12-13-23(19(22)25)17-4-2-1-3-5-17/h1-9H,10-14H2,(H,21,24). The molecule has 0 aromatic heterocycles. The minimum atomic E-state index is -0.275. The Bertz CT molecular complexity index is 734. The van der Waals surface area contributed by atoms with Gasteiger partial charge in [-0.15, -0.1) is 0 Å². The number of benzene rings is 2. The van der Waals surface area contributed by atoms with Crippen LogP contribution in [0, 0.1) is 5.82 Å². The number of carbonyl (C=O) groups is 2. The number of anilines is 1. The van der Waals surface area contributed by atoms with Gasteiger partial charge < -0.3 is 10.2 Å². The largest absolute Gasteiger partial charge is 0.354 e. The van der Waals surface area contributed by atoms with E-state index in [0.29, 0.717) is 26.1 Å². The van der Waals surface area contributed by atoms with E-state index in [1.165, 1.54) is 12.1 Å². The fraction of sp³-hybridized carbons (Fsp3) is 0.263. The van der Waals surface area contributed by atoms with Crippen LogP contribution in [0.1, 0.15) is 5.56 Å². The highest BCUT2D eigenvalue weighted by atomic mass is 19.1. The quantitative estimate of drug-likeness (QED) is 0.877. The summed E-state index contributed by atoms with van der Waals surface area (Å²) in [5, 5.41) is 2.80. The van der Waals surface area contributed by atoms with E-state index in [0.717, 1.165) is 11.3 Å². The highest BCUT2D eigenvalue weighted by Crippen LogP contribution is 2.19. The van der Waals surface area contributed by atoms with Gasteiger partial charge >= 0.3 is 6.03 Å². The molecule has 0 bridgehead atoms. The van der Waals surface area contributed by atoms with E-state index in [4.69, 9.17) is 0 Å². The predicted molar refractivity (Wildman–Crippen MR) is 93.9 cm³/mol. The summed E-state index contributed by atoms with van der Waals surface area (Å²) >= 11 is 0. The Hall–Kier alpha value is -2.89. The molecule has 1 saturated heterocycles. The molecule has 1 aliphatic rings. The number of halogens is 1. The maximum absolute atomic E-state index is 12.8. The first-order valence-electron chi connectivity index (χ1n) is 8.26. The molecule has 1 fully saturated rings. The van der Waals surface area contributed by atoms with Crippen molar-refractivity contribution in [3.05, 3.63) is 66.0 Å². The number of hydrogen-bond acceptors (Lipinski definition) is 2. The first-order valence-corrected chi connectivity index (χ1v) is 8.26. The van der Waals surface area contributed by atoms with Gasteiger partial charge in [0, 0.05) is 25.3 Å². The van der Waals surface area contributed by atoms with Gasteiger partial charge in [0.1, 0.15) is 12.4 Å². The highest BCUT2D eigenvalue weighted by Gasteiger charge is 2.30. The first-order chi connectivity index (χ1) is 12.1. The maximum atomic E-state index is 12.8. The molecule has 0 saturated carbocycles. The summed E-state index contributed by atoms with van der Waals surface area (Å²) in [6.07, 6.45) is 0.621. The Morgan fingerprint density at radius 3 is 2.48 bits per heavy atom. The summed E-state index contributed by atoms with van der Waals surface area (Å²) < 4.78 is 12.8. The predicted octanol–water partition coefficient (Wildman–Crippen LogP) is 2.43. The lowest BCUT2D eigenvalue weighted by atomic mass is 10.1. The zero-order chi connectivity index (χ0) is 17.6. The molecule has 0 aliphatic carbocycles. The summed E-state index contributed by atoms with van der Waals surface area (Å²) in [6, 6.07) is 15.5. The number of nitrogens with one attached hydrogen (secondary N) is 1. The molecule has 130 valence electrons. The fourth-order valence-corrected chi connectivity index (χ4v) is 2.80. The van der Waals surface area contributed by atoms with Crippen LogP contribution in [-0.2, 0) is 11.2 Å². The molecular formula is C19H20FN3O2. The van der Waals surface area contributed by atoms with E-state index >= 15 is 0 Å². The number of carbonyl (C=O) groups excluding carboxylic acids is 2. The van der Waals surface area contributed by atoms with Crippen LogP contribution in [-0.4, -0.2) is 43.0 Å². The molecule has 0 spiro atoms. The van der Waals surface area contributed by atoms with Crippen LogP contribution in [0.25, 0.3) is 0 Å². The third kappa shape index (κ3) is 4.35. The summed E-state index contributed by atoms with van der Waals surface area (Å²) in [6.45, 7) is 1.60. The molecule has 3 amide bonds. The fourth-order valence-electron chi connectivity index (χ4n) is 2.80. The van der Waals surface area contributed by atoms with Gasteiger partial charge in [-0.25, -0.2) is 9.18 Å². The molecule has 2 aromatic rings. The highest BCUT2D eigenvalue weighted by molar-refractivity contribution is 5.96. The van der Waals surface area contributed by atoms with Gasteiger partial charge in [0.25, 0.3) is 0 Å². The lowest BCUT2D eigenvalue weighted by molar-refractivity contribution is -0.121. The second-order valence-electron chi connectivity index (χ2n) is 5.92. The van der Waals surface area contributed by atoms with Gasteiger partial charge in [-0.3, -0.25) is 9.69 Å². The number of nitrogens with zero attached hydrogens (tertiary/aromatic N) is 2. The van der Waals surface area contributed by atoms with E-state index < -0.39 is 0 Å². The normalized spacial score (nSPS) is 14.0. The van der Waals surface area contributed by atoms with Gasteiger partial charge in [-0.05, 0) is 36.2 Å². The van der Waals surface area contributed by atoms with E-state index in [1.54, 1.807) is 21.9 Å². The van der Waals surface area contributed by atoms with Crippen LogP contribution in [0.4, 0.5) is 14.9 Å². The van der Waals surface area contributed by atoms with Crippen LogP contribution in [0.5, 0.6) is 0 Å². The van der Waals surface area contributed by atoms with E-state index in [2.05, 4.69) is 5.32 Å². The van der Waals surface area contributed by atoms with Crippen LogP contribution >= 0.6 is 0 Å². The van der Waals surface area contributed by atoms with Crippen molar-refractivity contribution in [3.8, 4) is 0 Å². The SMILES string of the molecule is O=C(CN1CCN(c2ccccc2)C1=O)NCCc1ccc(F)cc1. The molecular weight excluding hydrogens is 321 g/mol. The van der Waals surface area contributed by atoms with Gasteiger partial charge in [0.15, 0.2) is 0 Å². The summed E-state index contributed by atoms with van der Waals surface area (Å²) in [4.78, 5) is 27.7. The number of hydrogen-bond donors (Lipinski definition) is 1. The Balaban J connectivity index is 1.45. The minimum Gasteiger partial charge on any atom is -0.354 e. The van der Waals surface area contributed by atoms with Crippen LogP contribution < -0.4 is 10.2 Å². The van der Waals surface area contributed by atoms with Gasteiger partial charge in [0.05, 0.1) is 0 Å². The molecule has 1 aliphatic heterocycles. The van der Waals surface area contributed by atoms with E-state index in [-0.39, 0.29) is 24.3 Å². The summed E-state index contributed by atoms with van der Waals surface area (Å²) in [5.41, 5.74) is 1.79. The van der Waals surface area contributed by atoms with Crippen molar-refractivity contribution in [2.75, 3.05) is 31.1 Å². The third-order valence-electron chi connectivity index (χ3n) is 4.15. The summed E-state index contributed by atoms with van der Waals surface area (Å²) in [5.74, 6) is -0.464.